The number of aromatic nitrogens is 1. The molecule has 5 nitrogen and oxygen atoms in total. The Kier molecular flexibility index (Phi) is 5.12. The van der Waals surface area contributed by atoms with Gasteiger partial charge in [-0.05, 0) is 27.3 Å². The van der Waals surface area contributed by atoms with Gasteiger partial charge in [0.15, 0.2) is 5.13 Å². The Morgan fingerprint density at radius 3 is 2.85 bits per heavy atom. The minimum Gasteiger partial charge on any atom is -0.304 e. The van der Waals surface area contributed by atoms with Crippen molar-refractivity contribution in [3.63, 3.8) is 0 Å². The number of carbonyl (C=O) groups excluding carboxylic acids is 1. The third-order valence-electron chi connectivity index (χ3n) is 3.79. The Hall–Kier alpha value is -0.980. The second-order valence-corrected chi connectivity index (χ2v) is 6.71. The summed E-state index contributed by atoms with van der Waals surface area (Å²) in [5, 5.41) is 3.66. The Balaban J connectivity index is 1.88. The van der Waals surface area contributed by atoms with Crippen molar-refractivity contribution < 1.29 is 4.79 Å². The number of aryl methyl sites for hydroxylation is 2. The molecule has 20 heavy (non-hydrogen) atoms. The normalized spacial score (nSPS) is 21.1. The lowest BCUT2D eigenvalue weighted by Gasteiger charge is -2.37. The van der Waals surface area contributed by atoms with Crippen molar-refractivity contribution in [1.82, 2.24) is 14.8 Å². The number of anilines is 1. The first kappa shape index (κ1) is 15.4. The van der Waals surface area contributed by atoms with Gasteiger partial charge in [0.1, 0.15) is 0 Å². The van der Waals surface area contributed by atoms with E-state index in [1.807, 2.05) is 0 Å². The zero-order valence-electron chi connectivity index (χ0n) is 12.8. The monoisotopic (exact) mass is 296 g/mol. The van der Waals surface area contributed by atoms with Crippen LogP contribution in [0.4, 0.5) is 5.13 Å². The van der Waals surface area contributed by atoms with Gasteiger partial charge in [0.2, 0.25) is 5.91 Å². The van der Waals surface area contributed by atoms with Crippen LogP contribution in [0.25, 0.3) is 0 Å². The van der Waals surface area contributed by atoms with E-state index in [2.05, 4.69) is 47.9 Å². The number of hydrogen-bond donors (Lipinski definition) is 1. The number of nitrogens with one attached hydrogen (secondary N) is 1. The van der Waals surface area contributed by atoms with Gasteiger partial charge in [-0.3, -0.25) is 9.69 Å². The van der Waals surface area contributed by atoms with Crippen molar-refractivity contribution in [1.29, 1.82) is 0 Å². The van der Waals surface area contributed by atoms with Gasteiger partial charge in [0, 0.05) is 30.6 Å². The van der Waals surface area contributed by atoms with E-state index in [1.54, 1.807) is 11.3 Å². The molecular formula is C14H24N4OS. The van der Waals surface area contributed by atoms with Crippen LogP contribution in [0.2, 0.25) is 0 Å². The summed E-state index contributed by atoms with van der Waals surface area (Å²) in [6.45, 7) is 9.74. The maximum absolute atomic E-state index is 12.1. The molecule has 1 saturated heterocycles. The molecule has 2 heterocycles. The Labute approximate surface area is 125 Å². The van der Waals surface area contributed by atoms with E-state index in [1.165, 1.54) is 4.88 Å². The molecule has 0 aliphatic carbocycles. The first-order valence-corrected chi connectivity index (χ1v) is 8.00. The van der Waals surface area contributed by atoms with E-state index >= 15 is 0 Å². The van der Waals surface area contributed by atoms with E-state index in [4.69, 9.17) is 0 Å². The largest absolute Gasteiger partial charge is 0.304 e. The third-order valence-corrected chi connectivity index (χ3v) is 4.72. The number of amides is 1. The predicted molar refractivity (Wildman–Crippen MR) is 83.4 cm³/mol. The molecule has 1 unspecified atom stereocenters. The SMILES string of the molecule is CCc1nc(NC(=O)CN2CCN(C)CC2C)sc1C. The fourth-order valence-electron chi connectivity index (χ4n) is 2.57. The molecule has 1 amide bonds. The van der Waals surface area contributed by atoms with E-state index in [9.17, 15) is 4.79 Å². The number of hydrogen-bond acceptors (Lipinski definition) is 5. The van der Waals surface area contributed by atoms with Gasteiger partial charge in [0.25, 0.3) is 0 Å². The molecule has 1 aliphatic rings. The van der Waals surface area contributed by atoms with Crippen LogP contribution >= 0.6 is 11.3 Å². The molecule has 6 heteroatoms. The zero-order valence-corrected chi connectivity index (χ0v) is 13.6. The van der Waals surface area contributed by atoms with Gasteiger partial charge in [-0.2, -0.15) is 0 Å². The molecule has 112 valence electrons. The molecule has 0 spiro atoms. The van der Waals surface area contributed by atoms with Gasteiger partial charge < -0.3 is 10.2 Å². The van der Waals surface area contributed by atoms with E-state index in [0.717, 1.165) is 36.9 Å². The molecule has 1 aromatic rings. The summed E-state index contributed by atoms with van der Waals surface area (Å²) in [5.74, 6) is 0.0396. The van der Waals surface area contributed by atoms with E-state index < -0.39 is 0 Å². The number of likely N-dealkylation sites (N-methyl/N-ethyl adjacent to an activating group) is 1. The molecule has 1 N–H and O–H groups in total. The smallest absolute Gasteiger partial charge is 0.240 e. The number of piperazine rings is 1. The topological polar surface area (TPSA) is 48.5 Å². The maximum atomic E-state index is 12.1. The molecule has 0 radical (unpaired) electrons. The average molecular weight is 296 g/mol. The zero-order chi connectivity index (χ0) is 14.7. The molecule has 1 aromatic heterocycles. The van der Waals surface area contributed by atoms with Crippen LogP contribution in [0.5, 0.6) is 0 Å². The number of rotatable bonds is 4. The molecule has 0 saturated carbocycles. The van der Waals surface area contributed by atoms with Crippen LogP contribution in [0.15, 0.2) is 0 Å². The molecular weight excluding hydrogens is 272 g/mol. The first-order valence-electron chi connectivity index (χ1n) is 7.18. The lowest BCUT2D eigenvalue weighted by atomic mass is 10.2. The summed E-state index contributed by atoms with van der Waals surface area (Å²) in [4.78, 5) is 22.3. The minimum atomic E-state index is 0.0396. The van der Waals surface area contributed by atoms with Crippen molar-refractivity contribution in [2.75, 3.05) is 38.5 Å². The third kappa shape index (κ3) is 3.77. The van der Waals surface area contributed by atoms with Crippen molar-refractivity contribution >= 4 is 22.4 Å². The summed E-state index contributed by atoms with van der Waals surface area (Å²) in [6.07, 6.45) is 0.910. The van der Waals surface area contributed by atoms with Gasteiger partial charge in [-0.15, -0.1) is 11.3 Å². The summed E-state index contributed by atoms with van der Waals surface area (Å²) in [5.41, 5.74) is 1.08. The lowest BCUT2D eigenvalue weighted by Crippen LogP contribution is -2.52. The fourth-order valence-corrected chi connectivity index (χ4v) is 3.48. The molecule has 0 bridgehead atoms. The van der Waals surface area contributed by atoms with Crippen molar-refractivity contribution in [2.24, 2.45) is 0 Å². The van der Waals surface area contributed by atoms with Crippen molar-refractivity contribution in [3.05, 3.63) is 10.6 Å². The average Bonchev–Trinajstić information content (AvgIpc) is 2.73. The molecule has 1 aliphatic heterocycles. The summed E-state index contributed by atoms with van der Waals surface area (Å²) in [7, 11) is 2.12. The molecule has 2 rings (SSSR count). The number of thiazole rings is 1. The van der Waals surface area contributed by atoms with Crippen molar-refractivity contribution in [3.8, 4) is 0 Å². The Bertz CT molecular complexity index is 474. The quantitative estimate of drug-likeness (QED) is 0.916. The van der Waals surface area contributed by atoms with Crippen LogP contribution in [0.3, 0.4) is 0 Å². The van der Waals surface area contributed by atoms with Gasteiger partial charge >= 0.3 is 0 Å². The highest BCUT2D eigenvalue weighted by Gasteiger charge is 2.23. The van der Waals surface area contributed by atoms with Gasteiger partial charge in [-0.1, -0.05) is 6.92 Å². The molecule has 1 atom stereocenters. The predicted octanol–water partition coefficient (Wildman–Crippen LogP) is 1.59. The standard InChI is InChI=1S/C14H24N4OS/c1-5-12-11(3)20-14(15-12)16-13(19)9-18-7-6-17(4)8-10(18)2/h10H,5-9H2,1-4H3,(H,15,16,19). The lowest BCUT2D eigenvalue weighted by molar-refractivity contribution is -0.118. The summed E-state index contributed by atoms with van der Waals surface area (Å²) in [6, 6.07) is 0.420. The number of carbonyl (C=O) groups is 1. The van der Waals surface area contributed by atoms with E-state index in [-0.39, 0.29) is 5.91 Å². The van der Waals surface area contributed by atoms with Crippen LogP contribution < -0.4 is 5.32 Å². The highest BCUT2D eigenvalue weighted by atomic mass is 32.1. The Morgan fingerprint density at radius 1 is 1.50 bits per heavy atom. The highest BCUT2D eigenvalue weighted by Crippen LogP contribution is 2.22. The fraction of sp³-hybridized carbons (Fsp3) is 0.714. The molecule has 1 fully saturated rings. The number of nitrogens with zero attached hydrogens (tertiary/aromatic N) is 3. The summed E-state index contributed by atoms with van der Waals surface area (Å²) < 4.78 is 0. The summed E-state index contributed by atoms with van der Waals surface area (Å²) >= 11 is 1.56. The van der Waals surface area contributed by atoms with Gasteiger partial charge in [0.05, 0.1) is 12.2 Å². The van der Waals surface area contributed by atoms with Crippen LogP contribution in [0.1, 0.15) is 24.4 Å². The van der Waals surface area contributed by atoms with Crippen LogP contribution in [0, 0.1) is 6.92 Å². The van der Waals surface area contributed by atoms with Crippen molar-refractivity contribution in [2.45, 2.75) is 33.2 Å². The maximum Gasteiger partial charge on any atom is 0.240 e. The van der Waals surface area contributed by atoms with Gasteiger partial charge in [-0.25, -0.2) is 4.98 Å². The highest BCUT2D eigenvalue weighted by molar-refractivity contribution is 7.15. The minimum absolute atomic E-state index is 0.0396. The molecule has 0 aromatic carbocycles. The second-order valence-electron chi connectivity index (χ2n) is 5.51. The van der Waals surface area contributed by atoms with Crippen LogP contribution in [-0.2, 0) is 11.2 Å². The Morgan fingerprint density at radius 2 is 2.25 bits per heavy atom. The second kappa shape index (κ2) is 6.65. The first-order chi connectivity index (χ1) is 9.49. The van der Waals surface area contributed by atoms with Crippen LogP contribution in [-0.4, -0.2) is 60.0 Å². The van der Waals surface area contributed by atoms with E-state index in [0.29, 0.717) is 12.6 Å².